The van der Waals surface area contributed by atoms with Gasteiger partial charge in [-0.15, -0.1) is 0 Å². The van der Waals surface area contributed by atoms with Crippen LogP contribution in [0.2, 0.25) is 0 Å². The standard InChI is InChI=1S/C8H16N2O2/c1-10-4-3-6(5-10)7(9)8(11)12-2/h6-7H,3-5,9H2,1-2H3/t6-,7+/m1/s1. The molecule has 1 aliphatic heterocycles. The van der Waals surface area contributed by atoms with Gasteiger partial charge in [0.05, 0.1) is 7.11 Å². The highest BCUT2D eigenvalue weighted by Crippen LogP contribution is 2.17. The fraction of sp³-hybridized carbons (Fsp3) is 0.875. The minimum atomic E-state index is -0.444. The Kier molecular flexibility index (Phi) is 3.05. The largest absolute Gasteiger partial charge is 0.468 e. The number of likely N-dealkylation sites (tertiary alicyclic amines) is 1. The van der Waals surface area contributed by atoms with Crippen molar-refractivity contribution in [1.82, 2.24) is 4.90 Å². The summed E-state index contributed by atoms with van der Waals surface area (Å²) < 4.78 is 4.58. The van der Waals surface area contributed by atoms with E-state index in [1.165, 1.54) is 7.11 Å². The Labute approximate surface area is 72.7 Å². The second-order valence-corrected chi connectivity index (χ2v) is 3.36. The van der Waals surface area contributed by atoms with Gasteiger partial charge >= 0.3 is 5.97 Å². The first-order chi connectivity index (χ1) is 5.65. The quantitative estimate of drug-likeness (QED) is 0.567. The second kappa shape index (κ2) is 3.87. The lowest BCUT2D eigenvalue weighted by Crippen LogP contribution is -2.40. The Morgan fingerprint density at radius 3 is 2.83 bits per heavy atom. The minimum absolute atomic E-state index is 0.266. The molecule has 2 N–H and O–H groups in total. The lowest BCUT2D eigenvalue weighted by Gasteiger charge is -2.16. The molecule has 1 aliphatic rings. The molecule has 0 bridgehead atoms. The zero-order valence-electron chi connectivity index (χ0n) is 7.62. The molecule has 12 heavy (non-hydrogen) atoms. The van der Waals surface area contributed by atoms with Crippen molar-refractivity contribution in [2.24, 2.45) is 11.7 Å². The summed E-state index contributed by atoms with van der Waals surface area (Å²) in [6.07, 6.45) is 0.993. The Hall–Kier alpha value is -0.610. The molecule has 1 saturated heterocycles. The number of carbonyl (C=O) groups excluding carboxylic acids is 1. The third-order valence-electron chi connectivity index (χ3n) is 2.41. The molecule has 4 nitrogen and oxygen atoms in total. The fourth-order valence-electron chi connectivity index (χ4n) is 1.59. The number of nitrogens with two attached hydrogens (primary N) is 1. The highest BCUT2D eigenvalue weighted by atomic mass is 16.5. The molecule has 1 fully saturated rings. The molecule has 0 aromatic heterocycles. The number of rotatable bonds is 2. The predicted molar refractivity (Wildman–Crippen MR) is 45.6 cm³/mol. The molecule has 0 amide bonds. The van der Waals surface area contributed by atoms with Crippen molar-refractivity contribution in [3.8, 4) is 0 Å². The van der Waals surface area contributed by atoms with E-state index in [4.69, 9.17) is 5.73 Å². The first kappa shape index (κ1) is 9.48. The Morgan fingerprint density at radius 1 is 1.75 bits per heavy atom. The fourth-order valence-corrected chi connectivity index (χ4v) is 1.59. The van der Waals surface area contributed by atoms with Crippen LogP contribution in [0, 0.1) is 5.92 Å². The van der Waals surface area contributed by atoms with E-state index in [1.54, 1.807) is 0 Å². The van der Waals surface area contributed by atoms with Gasteiger partial charge in [-0.1, -0.05) is 0 Å². The van der Waals surface area contributed by atoms with Crippen LogP contribution in [0.5, 0.6) is 0 Å². The molecule has 0 aromatic carbocycles. The summed E-state index contributed by atoms with van der Waals surface area (Å²) in [5.41, 5.74) is 5.69. The second-order valence-electron chi connectivity index (χ2n) is 3.36. The third kappa shape index (κ3) is 1.95. The van der Waals surface area contributed by atoms with Crippen molar-refractivity contribution in [3.05, 3.63) is 0 Å². The molecule has 70 valence electrons. The Bertz CT molecular complexity index is 172. The van der Waals surface area contributed by atoms with Gasteiger partial charge < -0.3 is 15.4 Å². The summed E-state index contributed by atoms with van der Waals surface area (Å²) in [5, 5.41) is 0. The van der Waals surface area contributed by atoms with Gasteiger partial charge in [0.15, 0.2) is 0 Å². The maximum Gasteiger partial charge on any atom is 0.322 e. The number of hydrogen-bond acceptors (Lipinski definition) is 4. The summed E-state index contributed by atoms with van der Waals surface area (Å²) in [6, 6.07) is -0.444. The zero-order chi connectivity index (χ0) is 9.14. The first-order valence-electron chi connectivity index (χ1n) is 4.17. The predicted octanol–water partition coefficient (Wildman–Crippen LogP) is -0.562. The van der Waals surface area contributed by atoms with Crippen molar-refractivity contribution in [3.63, 3.8) is 0 Å². The number of nitrogens with zero attached hydrogens (tertiary/aromatic N) is 1. The average molecular weight is 172 g/mol. The highest BCUT2D eigenvalue weighted by molar-refractivity contribution is 5.75. The summed E-state index contributed by atoms with van der Waals surface area (Å²) in [6.45, 7) is 1.92. The van der Waals surface area contributed by atoms with Crippen molar-refractivity contribution in [1.29, 1.82) is 0 Å². The third-order valence-corrected chi connectivity index (χ3v) is 2.41. The monoisotopic (exact) mass is 172 g/mol. The van der Waals surface area contributed by atoms with E-state index in [0.717, 1.165) is 19.5 Å². The van der Waals surface area contributed by atoms with Crippen LogP contribution in [0.25, 0.3) is 0 Å². The summed E-state index contributed by atoms with van der Waals surface area (Å²) in [4.78, 5) is 13.2. The zero-order valence-corrected chi connectivity index (χ0v) is 7.62. The molecule has 2 atom stereocenters. The highest BCUT2D eigenvalue weighted by Gasteiger charge is 2.30. The molecule has 0 aromatic rings. The molecule has 1 rings (SSSR count). The molecule has 1 heterocycles. The van der Waals surface area contributed by atoms with Crippen LogP contribution in [-0.4, -0.2) is 44.2 Å². The molecule has 0 spiro atoms. The number of ether oxygens (including phenoxy) is 1. The van der Waals surface area contributed by atoms with Gasteiger partial charge in [0, 0.05) is 6.54 Å². The molecule has 0 radical (unpaired) electrons. The van der Waals surface area contributed by atoms with Gasteiger partial charge in [0.1, 0.15) is 6.04 Å². The molecule has 0 unspecified atom stereocenters. The first-order valence-corrected chi connectivity index (χ1v) is 4.17. The SMILES string of the molecule is COC(=O)[C@@H](N)[C@@H]1CCN(C)C1. The van der Waals surface area contributed by atoms with E-state index in [-0.39, 0.29) is 11.9 Å². The van der Waals surface area contributed by atoms with Crippen LogP contribution in [0.1, 0.15) is 6.42 Å². The van der Waals surface area contributed by atoms with Crippen molar-refractivity contribution in [2.75, 3.05) is 27.2 Å². The van der Waals surface area contributed by atoms with Crippen LogP contribution in [0.15, 0.2) is 0 Å². The van der Waals surface area contributed by atoms with E-state index < -0.39 is 6.04 Å². The van der Waals surface area contributed by atoms with Crippen LogP contribution in [0.3, 0.4) is 0 Å². The summed E-state index contributed by atoms with van der Waals surface area (Å²) in [5.74, 6) is -0.0299. The Balaban J connectivity index is 2.42. The summed E-state index contributed by atoms with van der Waals surface area (Å²) in [7, 11) is 3.41. The lowest BCUT2D eigenvalue weighted by atomic mass is 10.0. The van der Waals surface area contributed by atoms with Crippen LogP contribution in [0.4, 0.5) is 0 Å². The van der Waals surface area contributed by atoms with E-state index in [2.05, 4.69) is 9.64 Å². The number of esters is 1. The van der Waals surface area contributed by atoms with Gasteiger partial charge in [-0.25, -0.2) is 0 Å². The van der Waals surface area contributed by atoms with Gasteiger partial charge in [0.2, 0.25) is 0 Å². The number of hydrogen-bond donors (Lipinski definition) is 1. The minimum Gasteiger partial charge on any atom is -0.468 e. The summed E-state index contributed by atoms with van der Waals surface area (Å²) >= 11 is 0. The molecule has 4 heteroatoms. The van der Waals surface area contributed by atoms with Crippen molar-refractivity contribution in [2.45, 2.75) is 12.5 Å². The van der Waals surface area contributed by atoms with Crippen molar-refractivity contribution >= 4 is 5.97 Å². The van der Waals surface area contributed by atoms with Crippen LogP contribution >= 0.6 is 0 Å². The van der Waals surface area contributed by atoms with E-state index in [9.17, 15) is 4.79 Å². The van der Waals surface area contributed by atoms with Gasteiger partial charge in [-0.2, -0.15) is 0 Å². The van der Waals surface area contributed by atoms with Gasteiger partial charge in [0.25, 0.3) is 0 Å². The van der Waals surface area contributed by atoms with E-state index in [1.807, 2.05) is 7.05 Å². The molecule has 0 saturated carbocycles. The Morgan fingerprint density at radius 2 is 2.42 bits per heavy atom. The maximum atomic E-state index is 11.0. The maximum absolute atomic E-state index is 11.0. The molecular formula is C8H16N2O2. The smallest absolute Gasteiger partial charge is 0.322 e. The lowest BCUT2D eigenvalue weighted by molar-refractivity contribution is -0.143. The van der Waals surface area contributed by atoms with Crippen LogP contribution < -0.4 is 5.73 Å². The van der Waals surface area contributed by atoms with Crippen molar-refractivity contribution < 1.29 is 9.53 Å². The van der Waals surface area contributed by atoms with Gasteiger partial charge in [-0.05, 0) is 25.9 Å². The average Bonchev–Trinajstić information content (AvgIpc) is 2.49. The van der Waals surface area contributed by atoms with E-state index in [0.29, 0.717) is 0 Å². The normalized spacial score (nSPS) is 27.1. The number of methoxy groups -OCH3 is 1. The number of carbonyl (C=O) groups is 1. The molecular weight excluding hydrogens is 156 g/mol. The van der Waals surface area contributed by atoms with Crippen LogP contribution in [-0.2, 0) is 9.53 Å². The van der Waals surface area contributed by atoms with Gasteiger partial charge in [-0.3, -0.25) is 4.79 Å². The topological polar surface area (TPSA) is 55.6 Å². The molecule has 0 aliphatic carbocycles. The van der Waals surface area contributed by atoms with E-state index >= 15 is 0 Å².